The van der Waals surface area contributed by atoms with Crippen molar-refractivity contribution in [1.82, 2.24) is 19.5 Å². The van der Waals surface area contributed by atoms with Crippen LogP contribution in [0.15, 0.2) is 6.33 Å². The van der Waals surface area contributed by atoms with Gasteiger partial charge in [0, 0.05) is 12.4 Å². The maximum absolute atomic E-state index is 15.3. The molecule has 1 fully saturated rings. The maximum atomic E-state index is 15.3. The zero-order chi connectivity index (χ0) is 37.6. The first-order valence-electron chi connectivity index (χ1n) is 19.4. The summed E-state index contributed by atoms with van der Waals surface area (Å²) in [6.45, 7) is 4.28. The molecule has 1 saturated heterocycles. The van der Waals surface area contributed by atoms with Gasteiger partial charge in [-0.05, 0) is 30.2 Å². The highest BCUT2D eigenvalue weighted by Crippen LogP contribution is 2.45. The molecule has 0 aliphatic carbocycles. The second-order valence-corrected chi connectivity index (χ2v) is 16.6. The predicted molar refractivity (Wildman–Crippen MR) is 205 cm³/mol. The number of fused-ring (bicyclic) bond motifs is 1. The third kappa shape index (κ3) is 16.3. The SMILES string of the molecule is CCCCCCCCCCCCSCC(COP(=O)(O)OC[C@H]1O[C@@H](n2cnc3c(OC)nc(Cl)nc32)[C@@H](F)[C@@H]1O)OCCCCCCCCCC. The molecule has 300 valence electrons. The minimum absolute atomic E-state index is 0.0956. The Balaban J connectivity index is 1.43. The van der Waals surface area contributed by atoms with Crippen molar-refractivity contribution in [3.63, 3.8) is 0 Å². The maximum Gasteiger partial charge on any atom is 0.472 e. The number of hydrogen-bond donors (Lipinski definition) is 2. The van der Waals surface area contributed by atoms with Gasteiger partial charge in [0.15, 0.2) is 23.6 Å². The summed E-state index contributed by atoms with van der Waals surface area (Å²) in [5.74, 6) is 1.71. The van der Waals surface area contributed by atoms with Crippen molar-refractivity contribution in [1.29, 1.82) is 0 Å². The molecule has 0 radical (unpaired) electrons. The fourth-order valence-electron chi connectivity index (χ4n) is 6.18. The van der Waals surface area contributed by atoms with Crippen LogP contribution in [0.2, 0.25) is 5.28 Å². The van der Waals surface area contributed by atoms with Crippen molar-refractivity contribution in [2.45, 2.75) is 160 Å². The molecule has 3 rings (SSSR count). The van der Waals surface area contributed by atoms with Crippen LogP contribution >= 0.6 is 31.2 Å². The second-order valence-electron chi connectivity index (χ2n) is 13.6. The molecule has 3 heterocycles. The van der Waals surface area contributed by atoms with Crippen LogP contribution in [0.4, 0.5) is 4.39 Å². The number of phosphoric ester groups is 1. The minimum atomic E-state index is -4.59. The van der Waals surface area contributed by atoms with Gasteiger partial charge in [-0.2, -0.15) is 21.7 Å². The van der Waals surface area contributed by atoms with Crippen molar-refractivity contribution in [3.05, 3.63) is 11.6 Å². The van der Waals surface area contributed by atoms with Crippen LogP contribution in [0.5, 0.6) is 5.88 Å². The summed E-state index contributed by atoms with van der Waals surface area (Å²) in [6, 6.07) is 0. The lowest BCUT2D eigenvalue weighted by atomic mass is 10.1. The summed E-state index contributed by atoms with van der Waals surface area (Å²) in [5, 5.41) is 10.4. The van der Waals surface area contributed by atoms with E-state index in [-0.39, 0.29) is 28.9 Å². The van der Waals surface area contributed by atoms with Gasteiger partial charge in [-0.1, -0.05) is 117 Å². The van der Waals surface area contributed by atoms with E-state index in [9.17, 15) is 14.6 Å². The predicted octanol–water partition coefficient (Wildman–Crippen LogP) is 9.40. The number of alkyl halides is 1. The van der Waals surface area contributed by atoms with Gasteiger partial charge in [0.1, 0.15) is 12.2 Å². The number of hydrogen-bond acceptors (Lipinski definition) is 11. The fraction of sp³-hybridized carbons (Fsp3) is 0.861. The number of thioether (sulfide) groups is 1. The van der Waals surface area contributed by atoms with Crippen molar-refractivity contribution < 1.29 is 42.2 Å². The number of ether oxygens (including phenoxy) is 3. The van der Waals surface area contributed by atoms with Crippen molar-refractivity contribution >= 4 is 42.3 Å². The van der Waals surface area contributed by atoms with Gasteiger partial charge in [0.25, 0.3) is 0 Å². The monoisotopic (exact) mass is 796 g/mol. The molecule has 52 heavy (non-hydrogen) atoms. The largest absolute Gasteiger partial charge is 0.479 e. The Bertz CT molecular complexity index is 1300. The molecule has 1 aliphatic rings. The molecule has 12 nitrogen and oxygen atoms in total. The molecule has 0 aromatic carbocycles. The summed E-state index contributed by atoms with van der Waals surface area (Å²) in [6.07, 6.45) is 17.0. The number of aliphatic hydroxyl groups excluding tert-OH is 1. The highest BCUT2D eigenvalue weighted by Gasteiger charge is 2.47. The van der Waals surface area contributed by atoms with Gasteiger partial charge < -0.3 is 24.2 Å². The van der Waals surface area contributed by atoms with Gasteiger partial charge in [-0.3, -0.25) is 13.6 Å². The molecule has 16 heteroatoms. The van der Waals surface area contributed by atoms with E-state index in [1.54, 1.807) is 11.8 Å². The Hall–Kier alpha value is -1.09. The quantitative estimate of drug-likeness (QED) is 0.0426. The van der Waals surface area contributed by atoms with Gasteiger partial charge in [0.05, 0.1) is 32.8 Å². The molecular formula is C36H63ClFN4O8PS. The highest BCUT2D eigenvalue weighted by molar-refractivity contribution is 7.99. The molecule has 2 N–H and O–H groups in total. The first-order valence-corrected chi connectivity index (χ1v) is 22.5. The highest BCUT2D eigenvalue weighted by atomic mass is 35.5. The van der Waals surface area contributed by atoms with E-state index in [4.69, 9.17) is 34.9 Å². The topological polar surface area (TPSA) is 147 Å². The minimum Gasteiger partial charge on any atom is -0.479 e. The molecule has 1 aliphatic heterocycles. The van der Waals surface area contributed by atoms with Gasteiger partial charge in [-0.15, -0.1) is 0 Å². The second kappa shape index (κ2) is 25.9. The first kappa shape index (κ1) is 45.3. The number of aliphatic hydroxyl groups is 1. The molecule has 2 unspecified atom stereocenters. The van der Waals surface area contributed by atoms with E-state index in [1.165, 1.54) is 114 Å². The van der Waals surface area contributed by atoms with Gasteiger partial charge >= 0.3 is 7.82 Å². The average molecular weight is 797 g/mol. The van der Waals surface area contributed by atoms with E-state index >= 15 is 4.39 Å². The fourth-order valence-corrected chi connectivity index (χ4v) is 8.13. The third-order valence-corrected chi connectivity index (χ3v) is 11.6. The number of nitrogens with zero attached hydrogens (tertiary/aromatic N) is 4. The summed E-state index contributed by atoms with van der Waals surface area (Å²) < 4.78 is 57.0. The summed E-state index contributed by atoms with van der Waals surface area (Å²) in [4.78, 5) is 22.7. The van der Waals surface area contributed by atoms with Crippen LogP contribution in [-0.4, -0.2) is 92.4 Å². The van der Waals surface area contributed by atoms with Crippen LogP contribution in [0, 0.1) is 0 Å². The molecule has 0 saturated carbocycles. The Morgan fingerprint density at radius 2 is 1.54 bits per heavy atom. The molecule has 2 aromatic heterocycles. The number of phosphoric acid groups is 1. The molecule has 6 atom stereocenters. The van der Waals surface area contributed by atoms with E-state index < -0.39 is 45.1 Å². The number of rotatable bonds is 31. The Morgan fingerprint density at radius 1 is 0.942 bits per heavy atom. The van der Waals surface area contributed by atoms with Crippen LogP contribution in [0.1, 0.15) is 136 Å². The normalized spacial score (nSPS) is 20.8. The standard InChI is InChI=1S/C36H63ClFN4O8PS/c1-4-6-8-10-12-14-15-17-19-21-23-52-26-28(47-22-20-18-16-13-11-9-7-5-2)24-48-51(44,45)49-25-29-32(43)30(38)35(50-29)42-27-39-31-33(42)40-36(37)41-34(31)46-3/h27-30,32,35,43H,4-26H2,1-3H3,(H,44,45)/t28?,29-,30+,32-,35-/m1/s1. The lowest BCUT2D eigenvalue weighted by molar-refractivity contribution is -0.0484. The molecule has 0 spiro atoms. The van der Waals surface area contributed by atoms with E-state index in [0.29, 0.717) is 12.4 Å². The van der Waals surface area contributed by atoms with E-state index in [1.807, 2.05) is 0 Å². The molecule has 2 aromatic rings. The summed E-state index contributed by atoms with van der Waals surface area (Å²) >= 11 is 7.76. The number of methoxy groups -OCH3 is 1. The average Bonchev–Trinajstić information content (AvgIpc) is 3.67. The van der Waals surface area contributed by atoms with Crippen LogP contribution in [-0.2, 0) is 23.1 Å². The zero-order valence-electron chi connectivity index (χ0n) is 31.5. The van der Waals surface area contributed by atoms with Crippen LogP contribution in [0.3, 0.4) is 0 Å². The van der Waals surface area contributed by atoms with Crippen molar-refractivity contribution in [3.8, 4) is 5.88 Å². The summed E-state index contributed by atoms with van der Waals surface area (Å²) in [7, 11) is -3.20. The lowest BCUT2D eigenvalue weighted by Crippen LogP contribution is -2.31. The number of halogens is 2. The zero-order valence-corrected chi connectivity index (χ0v) is 33.9. The van der Waals surface area contributed by atoms with Crippen LogP contribution in [0.25, 0.3) is 11.2 Å². The van der Waals surface area contributed by atoms with Gasteiger partial charge in [-0.25, -0.2) is 13.9 Å². The van der Waals surface area contributed by atoms with Crippen LogP contribution < -0.4 is 4.74 Å². The number of aromatic nitrogens is 4. The first-order chi connectivity index (χ1) is 25.2. The van der Waals surface area contributed by atoms with E-state index in [2.05, 4.69) is 28.8 Å². The van der Waals surface area contributed by atoms with Crippen molar-refractivity contribution in [2.24, 2.45) is 0 Å². The number of imidazole rings is 1. The smallest absolute Gasteiger partial charge is 0.472 e. The summed E-state index contributed by atoms with van der Waals surface area (Å²) in [5.41, 5.74) is 0.365. The van der Waals surface area contributed by atoms with Gasteiger partial charge in [0.2, 0.25) is 11.2 Å². The molecular weight excluding hydrogens is 734 g/mol. The Morgan fingerprint density at radius 3 is 2.15 bits per heavy atom. The van der Waals surface area contributed by atoms with Crippen molar-refractivity contribution in [2.75, 3.05) is 38.4 Å². The lowest BCUT2D eigenvalue weighted by Gasteiger charge is -2.21. The third-order valence-electron chi connectivity index (χ3n) is 9.25. The Kier molecular flexibility index (Phi) is 22.6. The number of unbranched alkanes of at least 4 members (excludes halogenated alkanes) is 16. The van der Waals surface area contributed by atoms with E-state index in [0.717, 1.165) is 25.0 Å². The molecule has 0 amide bonds. The molecule has 0 bridgehead atoms. The Labute approximate surface area is 319 Å².